The number of carboxylic acid groups (broad SMARTS) is 2. The van der Waals surface area contributed by atoms with Crippen molar-refractivity contribution in [1.82, 2.24) is 0 Å². The molecule has 0 saturated carbocycles. The van der Waals surface area contributed by atoms with Crippen LogP contribution in [0.2, 0.25) is 0 Å². The van der Waals surface area contributed by atoms with Crippen LogP contribution in [-0.4, -0.2) is 45.1 Å². The van der Waals surface area contributed by atoms with E-state index in [2.05, 4.69) is 0 Å². The molecule has 1 unspecified atom stereocenters. The molecule has 0 amide bonds. The first-order valence-corrected chi connectivity index (χ1v) is 6.08. The van der Waals surface area contributed by atoms with Gasteiger partial charge in [0.15, 0.2) is 0 Å². The Morgan fingerprint density at radius 3 is 1.55 bits per heavy atom. The minimum atomic E-state index is -1.04. The van der Waals surface area contributed by atoms with Crippen LogP contribution < -0.4 is 0 Å². The molecule has 0 aliphatic carbocycles. The van der Waals surface area contributed by atoms with Crippen molar-refractivity contribution >= 4 is 11.9 Å². The van der Waals surface area contributed by atoms with Crippen molar-refractivity contribution in [2.75, 3.05) is 6.61 Å². The third kappa shape index (κ3) is 5.38. The predicted molar refractivity (Wildman–Crippen MR) is 73.2 cm³/mol. The minimum Gasteiger partial charge on any atom is -0.478 e. The summed E-state index contributed by atoms with van der Waals surface area (Å²) in [5.74, 6) is -2.08. The van der Waals surface area contributed by atoms with E-state index >= 15 is 0 Å². The Kier molecular flexibility index (Phi) is 7.49. The van der Waals surface area contributed by atoms with Gasteiger partial charge in [0.25, 0.3) is 0 Å². The fraction of sp³-hybridized carbons (Fsp3) is 0.429. The number of carboxylic acids is 2. The molecule has 112 valence electrons. The molecular weight excluding hydrogens is 264 g/mol. The molecule has 1 rings (SSSR count). The monoisotopic (exact) mass is 284 g/mol. The third-order valence-corrected chi connectivity index (χ3v) is 2.79. The maximum absolute atomic E-state index is 10.7. The smallest absolute Gasteiger partial charge is 0.335 e. The molecule has 1 atom stereocenters. The molecular formula is C14H20O6. The highest BCUT2D eigenvalue weighted by Crippen LogP contribution is 2.17. The second-order valence-corrected chi connectivity index (χ2v) is 4.38. The van der Waals surface area contributed by atoms with E-state index in [1.54, 1.807) is 20.8 Å². The molecule has 1 aromatic rings. The third-order valence-electron chi connectivity index (χ3n) is 2.79. The Morgan fingerprint density at radius 1 is 1.05 bits per heavy atom. The number of hydrogen-bond acceptors (Lipinski definition) is 4. The minimum absolute atomic E-state index is 0.0810. The highest BCUT2D eigenvalue weighted by atomic mass is 16.4. The van der Waals surface area contributed by atoms with Crippen molar-refractivity contribution in [3.05, 3.63) is 34.4 Å². The average molecular weight is 284 g/mol. The van der Waals surface area contributed by atoms with Crippen LogP contribution >= 0.6 is 0 Å². The Morgan fingerprint density at radius 2 is 1.40 bits per heavy atom. The Hall–Kier alpha value is -1.92. The molecule has 0 aromatic heterocycles. The summed E-state index contributed by atoms with van der Waals surface area (Å²) in [5.41, 5.74) is 1.29. The van der Waals surface area contributed by atoms with Gasteiger partial charge in [0.1, 0.15) is 0 Å². The lowest BCUT2D eigenvalue weighted by molar-refractivity contribution is 0.0679. The van der Waals surface area contributed by atoms with Gasteiger partial charge in [-0.15, -0.1) is 0 Å². The first-order chi connectivity index (χ1) is 9.22. The average Bonchev–Trinajstić information content (AvgIpc) is 2.32. The van der Waals surface area contributed by atoms with Gasteiger partial charge in [0, 0.05) is 6.61 Å². The molecule has 0 spiro atoms. The molecule has 0 radical (unpaired) electrons. The van der Waals surface area contributed by atoms with E-state index in [4.69, 9.17) is 20.4 Å². The standard InChI is InChI=1S/C10H10O4.C4H10O2/c1-5-6(2)8(10(13)14)4-3-7(5)9(11)12;1-4(6)2-3-5/h3-4H,1-2H3,(H,11,12)(H,13,14);4-6H,2-3H2,1H3. The van der Waals surface area contributed by atoms with Crippen molar-refractivity contribution in [1.29, 1.82) is 0 Å². The Labute approximate surface area is 117 Å². The van der Waals surface area contributed by atoms with E-state index in [1.807, 2.05) is 0 Å². The van der Waals surface area contributed by atoms with E-state index < -0.39 is 11.9 Å². The summed E-state index contributed by atoms with van der Waals surface area (Å²) in [6.07, 6.45) is 0.134. The first-order valence-electron chi connectivity index (χ1n) is 6.08. The molecule has 0 heterocycles. The molecule has 0 fully saturated rings. The molecule has 0 saturated heterocycles. The SMILES string of the molecule is CC(O)CCO.Cc1c(C(=O)O)ccc(C(=O)O)c1C. The van der Waals surface area contributed by atoms with Crippen molar-refractivity contribution in [3.8, 4) is 0 Å². The second kappa shape index (κ2) is 8.29. The molecule has 6 heteroatoms. The number of aliphatic hydroxyl groups is 2. The Bertz CT molecular complexity index is 440. The summed E-state index contributed by atoms with van der Waals surface area (Å²) >= 11 is 0. The van der Waals surface area contributed by atoms with Gasteiger partial charge in [-0.25, -0.2) is 9.59 Å². The normalized spacial score (nSPS) is 11.2. The van der Waals surface area contributed by atoms with E-state index in [-0.39, 0.29) is 23.8 Å². The summed E-state index contributed by atoms with van der Waals surface area (Å²) < 4.78 is 0. The summed E-state index contributed by atoms with van der Waals surface area (Å²) in [6, 6.07) is 2.63. The van der Waals surface area contributed by atoms with Gasteiger partial charge in [-0.05, 0) is 50.5 Å². The Balaban J connectivity index is 0.000000511. The molecule has 6 nitrogen and oxygen atoms in total. The fourth-order valence-corrected chi connectivity index (χ4v) is 1.47. The summed E-state index contributed by atoms with van der Waals surface area (Å²) in [5, 5.41) is 34.0. The molecule has 4 N–H and O–H groups in total. The van der Waals surface area contributed by atoms with Gasteiger partial charge in [-0.3, -0.25) is 0 Å². The van der Waals surface area contributed by atoms with E-state index in [0.717, 1.165) is 0 Å². The van der Waals surface area contributed by atoms with E-state index in [9.17, 15) is 9.59 Å². The lowest BCUT2D eigenvalue weighted by Crippen LogP contribution is -2.06. The van der Waals surface area contributed by atoms with Gasteiger partial charge in [0.2, 0.25) is 0 Å². The largest absolute Gasteiger partial charge is 0.478 e. The van der Waals surface area contributed by atoms with Crippen LogP contribution in [0.15, 0.2) is 12.1 Å². The fourth-order valence-electron chi connectivity index (χ4n) is 1.47. The molecule has 20 heavy (non-hydrogen) atoms. The highest BCUT2D eigenvalue weighted by molar-refractivity contribution is 5.94. The van der Waals surface area contributed by atoms with Crippen molar-refractivity contribution in [3.63, 3.8) is 0 Å². The van der Waals surface area contributed by atoms with Gasteiger partial charge >= 0.3 is 11.9 Å². The summed E-state index contributed by atoms with van der Waals surface area (Å²) in [6.45, 7) is 4.93. The van der Waals surface area contributed by atoms with Gasteiger partial charge in [-0.1, -0.05) is 0 Å². The van der Waals surface area contributed by atoms with Crippen LogP contribution in [0.5, 0.6) is 0 Å². The van der Waals surface area contributed by atoms with Crippen molar-refractivity contribution in [2.45, 2.75) is 33.3 Å². The van der Waals surface area contributed by atoms with Crippen LogP contribution in [0.4, 0.5) is 0 Å². The number of aliphatic hydroxyl groups excluding tert-OH is 2. The van der Waals surface area contributed by atoms with Crippen LogP contribution in [0, 0.1) is 13.8 Å². The second-order valence-electron chi connectivity index (χ2n) is 4.38. The zero-order chi connectivity index (χ0) is 15.9. The number of carbonyl (C=O) groups is 2. The highest BCUT2D eigenvalue weighted by Gasteiger charge is 2.14. The van der Waals surface area contributed by atoms with E-state index in [1.165, 1.54) is 12.1 Å². The van der Waals surface area contributed by atoms with Gasteiger partial charge < -0.3 is 20.4 Å². The number of hydrogen-bond donors (Lipinski definition) is 4. The molecule has 0 aliphatic rings. The first kappa shape index (κ1) is 18.1. The zero-order valence-corrected chi connectivity index (χ0v) is 11.8. The van der Waals surface area contributed by atoms with Gasteiger partial charge in [0.05, 0.1) is 17.2 Å². The summed E-state index contributed by atoms with van der Waals surface area (Å²) in [7, 11) is 0. The number of rotatable bonds is 4. The van der Waals surface area contributed by atoms with Gasteiger partial charge in [-0.2, -0.15) is 0 Å². The quantitative estimate of drug-likeness (QED) is 0.665. The molecule has 0 aliphatic heterocycles. The van der Waals surface area contributed by atoms with Crippen LogP contribution in [0.25, 0.3) is 0 Å². The lowest BCUT2D eigenvalue weighted by Gasteiger charge is -2.07. The van der Waals surface area contributed by atoms with Crippen molar-refractivity contribution < 1.29 is 30.0 Å². The van der Waals surface area contributed by atoms with Crippen LogP contribution in [0.1, 0.15) is 45.2 Å². The van der Waals surface area contributed by atoms with E-state index in [0.29, 0.717) is 17.5 Å². The van der Waals surface area contributed by atoms with Crippen molar-refractivity contribution in [2.24, 2.45) is 0 Å². The van der Waals surface area contributed by atoms with Crippen LogP contribution in [-0.2, 0) is 0 Å². The number of benzene rings is 1. The van der Waals surface area contributed by atoms with Crippen LogP contribution in [0.3, 0.4) is 0 Å². The lowest BCUT2D eigenvalue weighted by atomic mass is 9.98. The maximum Gasteiger partial charge on any atom is 0.335 e. The topological polar surface area (TPSA) is 115 Å². The number of aromatic carboxylic acids is 2. The molecule has 0 bridgehead atoms. The predicted octanol–water partition coefficient (Wildman–Crippen LogP) is 1.45. The molecule has 1 aromatic carbocycles. The maximum atomic E-state index is 10.7. The summed E-state index contributed by atoms with van der Waals surface area (Å²) in [4.78, 5) is 21.4. The zero-order valence-electron chi connectivity index (χ0n) is 11.8.